The largest absolute Gasteiger partial charge is 0.383 e. The summed E-state index contributed by atoms with van der Waals surface area (Å²) < 4.78 is 6.72. The summed E-state index contributed by atoms with van der Waals surface area (Å²) in [5.74, 6) is 1.53. The van der Waals surface area contributed by atoms with Crippen LogP contribution in [0.2, 0.25) is 0 Å². The maximum Gasteiger partial charge on any atom is 0.191 e. The number of nitrogens with zero attached hydrogens (tertiary/aromatic N) is 4. The summed E-state index contributed by atoms with van der Waals surface area (Å²) in [7, 11) is 3.41. The Labute approximate surface area is 124 Å². The summed E-state index contributed by atoms with van der Waals surface area (Å²) in [4.78, 5) is 8.45. The van der Waals surface area contributed by atoms with Crippen molar-refractivity contribution >= 4 is 5.96 Å². The number of hydrogen-bond acceptors (Lipinski definition) is 4. The molecule has 21 heavy (non-hydrogen) atoms. The Morgan fingerprint density at radius 1 is 1.38 bits per heavy atom. The monoisotopic (exact) mass is 288 g/mol. The van der Waals surface area contributed by atoms with Crippen LogP contribution in [0, 0.1) is 0 Å². The lowest BCUT2D eigenvalue weighted by molar-refractivity contribution is 0.203. The fraction of sp³-hybridized carbons (Fsp3) is 0.357. The molecule has 7 nitrogen and oxygen atoms in total. The molecule has 0 bridgehead atoms. The van der Waals surface area contributed by atoms with E-state index in [1.54, 1.807) is 31.2 Å². The van der Waals surface area contributed by atoms with E-state index in [9.17, 15) is 0 Å². The van der Waals surface area contributed by atoms with Crippen molar-refractivity contribution in [2.75, 3.05) is 27.3 Å². The second-order valence-electron chi connectivity index (χ2n) is 4.32. The van der Waals surface area contributed by atoms with Crippen LogP contribution in [0.1, 0.15) is 5.56 Å². The van der Waals surface area contributed by atoms with E-state index in [1.807, 2.05) is 24.4 Å². The highest BCUT2D eigenvalue weighted by atomic mass is 16.5. The molecule has 0 amide bonds. The van der Waals surface area contributed by atoms with E-state index in [-0.39, 0.29) is 0 Å². The Bertz CT molecular complexity index is 567. The third kappa shape index (κ3) is 4.57. The second kappa shape index (κ2) is 8.01. The fourth-order valence-electron chi connectivity index (χ4n) is 1.78. The number of rotatable bonds is 6. The molecule has 2 N–H and O–H groups in total. The average Bonchev–Trinajstić information content (AvgIpc) is 3.05. The third-order valence-electron chi connectivity index (χ3n) is 2.83. The summed E-state index contributed by atoms with van der Waals surface area (Å²) in [5, 5.41) is 10.6. The van der Waals surface area contributed by atoms with Crippen LogP contribution in [0.25, 0.3) is 5.82 Å². The van der Waals surface area contributed by atoms with E-state index >= 15 is 0 Å². The van der Waals surface area contributed by atoms with Gasteiger partial charge < -0.3 is 15.4 Å². The Kier molecular flexibility index (Phi) is 5.71. The van der Waals surface area contributed by atoms with Gasteiger partial charge >= 0.3 is 0 Å². The Balaban J connectivity index is 1.92. The van der Waals surface area contributed by atoms with E-state index in [4.69, 9.17) is 4.74 Å². The van der Waals surface area contributed by atoms with Crippen LogP contribution in [-0.4, -0.2) is 48.0 Å². The van der Waals surface area contributed by atoms with Crippen LogP contribution in [0.15, 0.2) is 41.8 Å². The Morgan fingerprint density at radius 3 is 3.00 bits per heavy atom. The number of methoxy groups -OCH3 is 1. The standard InChI is InChI=1S/C14H20N6O/c1-15-14(17-7-9-21-2)18-11-12-4-6-16-13(10-12)20-8-3-5-19-20/h3-6,8,10H,7,9,11H2,1-2H3,(H2,15,17,18). The first-order valence-electron chi connectivity index (χ1n) is 6.72. The van der Waals surface area contributed by atoms with Crippen molar-refractivity contribution in [3.63, 3.8) is 0 Å². The van der Waals surface area contributed by atoms with Gasteiger partial charge in [0.05, 0.1) is 6.61 Å². The highest BCUT2D eigenvalue weighted by Crippen LogP contribution is 2.05. The van der Waals surface area contributed by atoms with Crippen LogP contribution < -0.4 is 10.6 Å². The van der Waals surface area contributed by atoms with Crippen molar-refractivity contribution < 1.29 is 4.74 Å². The molecule has 2 rings (SSSR count). The SMILES string of the molecule is CN=C(NCCOC)NCc1ccnc(-n2cccn2)c1. The highest BCUT2D eigenvalue weighted by Gasteiger charge is 2.01. The predicted molar refractivity (Wildman–Crippen MR) is 81.4 cm³/mol. The summed E-state index contributed by atoms with van der Waals surface area (Å²) in [5.41, 5.74) is 1.10. The zero-order valence-electron chi connectivity index (χ0n) is 12.3. The molecule has 2 aromatic rings. The van der Waals surface area contributed by atoms with Crippen LogP contribution in [0.5, 0.6) is 0 Å². The fourth-order valence-corrected chi connectivity index (χ4v) is 1.78. The van der Waals surface area contributed by atoms with E-state index in [2.05, 4.69) is 25.7 Å². The molecule has 7 heteroatoms. The molecule has 112 valence electrons. The van der Waals surface area contributed by atoms with Crippen LogP contribution in [-0.2, 0) is 11.3 Å². The van der Waals surface area contributed by atoms with Crippen LogP contribution >= 0.6 is 0 Å². The Hall–Kier alpha value is -2.41. The number of aliphatic imine (C=N–C) groups is 1. The van der Waals surface area contributed by atoms with Crippen molar-refractivity contribution in [1.82, 2.24) is 25.4 Å². The lowest BCUT2D eigenvalue weighted by atomic mass is 10.2. The maximum absolute atomic E-state index is 4.99. The van der Waals surface area contributed by atoms with Crippen molar-refractivity contribution in [3.05, 3.63) is 42.4 Å². The minimum absolute atomic E-state index is 0.638. The summed E-state index contributed by atoms with van der Waals surface area (Å²) >= 11 is 0. The number of hydrogen-bond donors (Lipinski definition) is 2. The molecule has 0 unspecified atom stereocenters. The highest BCUT2D eigenvalue weighted by molar-refractivity contribution is 5.79. The molecular weight excluding hydrogens is 268 g/mol. The smallest absolute Gasteiger partial charge is 0.191 e. The van der Waals surface area contributed by atoms with Crippen LogP contribution in [0.3, 0.4) is 0 Å². The van der Waals surface area contributed by atoms with Gasteiger partial charge in [0.25, 0.3) is 0 Å². The predicted octanol–water partition coefficient (Wildman–Crippen LogP) is 0.579. The minimum atomic E-state index is 0.638. The van der Waals surface area contributed by atoms with Crippen molar-refractivity contribution in [3.8, 4) is 5.82 Å². The molecule has 2 aromatic heterocycles. The lowest BCUT2D eigenvalue weighted by Gasteiger charge is -2.12. The number of ether oxygens (including phenoxy) is 1. The molecule has 0 atom stereocenters. The summed E-state index contributed by atoms with van der Waals surface area (Å²) in [6.07, 6.45) is 5.37. The molecule has 0 aliphatic heterocycles. The molecule has 2 heterocycles. The van der Waals surface area contributed by atoms with Gasteiger partial charge in [-0.25, -0.2) is 9.67 Å². The first-order valence-corrected chi connectivity index (χ1v) is 6.72. The van der Waals surface area contributed by atoms with E-state index < -0.39 is 0 Å². The van der Waals surface area contributed by atoms with E-state index in [0.717, 1.165) is 17.3 Å². The van der Waals surface area contributed by atoms with Gasteiger partial charge in [-0.05, 0) is 23.8 Å². The lowest BCUT2D eigenvalue weighted by Crippen LogP contribution is -2.38. The van der Waals surface area contributed by atoms with Crippen LogP contribution in [0.4, 0.5) is 0 Å². The quantitative estimate of drug-likeness (QED) is 0.462. The van der Waals surface area contributed by atoms with Crippen molar-refractivity contribution in [2.24, 2.45) is 4.99 Å². The van der Waals surface area contributed by atoms with Gasteiger partial charge in [-0.3, -0.25) is 4.99 Å². The summed E-state index contributed by atoms with van der Waals surface area (Å²) in [6, 6.07) is 5.82. The molecule has 0 aromatic carbocycles. The molecular formula is C14H20N6O. The minimum Gasteiger partial charge on any atom is -0.383 e. The van der Waals surface area contributed by atoms with Gasteiger partial charge in [-0.2, -0.15) is 5.10 Å². The van der Waals surface area contributed by atoms with Gasteiger partial charge in [-0.15, -0.1) is 0 Å². The Morgan fingerprint density at radius 2 is 2.29 bits per heavy atom. The molecule has 0 spiro atoms. The van der Waals surface area contributed by atoms with Gasteiger partial charge in [-0.1, -0.05) is 0 Å². The zero-order valence-corrected chi connectivity index (χ0v) is 12.3. The maximum atomic E-state index is 4.99. The average molecular weight is 288 g/mol. The third-order valence-corrected chi connectivity index (χ3v) is 2.83. The zero-order chi connectivity index (χ0) is 14.9. The second-order valence-corrected chi connectivity index (χ2v) is 4.32. The molecule has 0 aliphatic rings. The summed E-state index contributed by atoms with van der Waals surface area (Å²) in [6.45, 7) is 2.01. The molecule has 0 radical (unpaired) electrons. The first kappa shape index (κ1) is 15.0. The number of guanidine groups is 1. The van der Waals surface area contributed by atoms with Gasteiger partial charge in [0, 0.05) is 45.8 Å². The first-order chi connectivity index (χ1) is 10.3. The molecule has 0 aliphatic carbocycles. The topological polar surface area (TPSA) is 76.4 Å². The van der Waals surface area contributed by atoms with Gasteiger partial charge in [0.2, 0.25) is 0 Å². The van der Waals surface area contributed by atoms with E-state index in [0.29, 0.717) is 19.7 Å². The molecule has 0 saturated carbocycles. The van der Waals surface area contributed by atoms with Crippen molar-refractivity contribution in [1.29, 1.82) is 0 Å². The van der Waals surface area contributed by atoms with Gasteiger partial charge in [0.15, 0.2) is 11.8 Å². The normalized spacial score (nSPS) is 11.4. The van der Waals surface area contributed by atoms with Crippen molar-refractivity contribution in [2.45, 2.75) is 6.54 Å². The molecule has 0 fully saturated rings. The molecule has 0 saturated heterocycles. The van der Waals surface area contributed by atoms with E-state index in [1.165, 1.54) is 0 Å². The van der Waals surface area contributed by atoms with Gasteiger partial charge in [0.1, 0.15) is 0 Å². The number of aromatic nitrogens is 3. The number of nitrogens with one attached hydrogen (secondary N) is 2. The number of pyridine rings is 1.